The van der Waals surface area contributed by atoms with E-state index in [9.17, 15) is 13.2 Å². The predicted molar refractivity (Wildman–Crippen MR) is 231 cm³/mol. The molecular weight excluding hydrogens is 677 g/mol. The number of hydrazine groups is 1. The summed E-state index contributed by atoms with van der Waals surface area (Å²) >= 11 is 0. The molecule has 0 unspecified atom stereocenters. The van der Waals surface area contributed by atoms with Crippen molar-refractivity contribution in [3.63, 3.8) is 0 Å². The predicted octanol–water partition coefficient (Wildman–Crippen LogP) is 13.7. The van der Waals surface area contributed by atoms with Crippen LogP contribution in [0.2, 0.25) is 0 Å². The van der Waals surface area contributed by atoms with Crippen LogP contribution in [0.4, 0.5) is 10.5 Å². The molecule has 1 aromatic rings. The van der Waals surface area contributed by atoms with Crippen molar-refractivity contribution < 1.29 is 13.2 Å². The smallest absolute Gasteiger partial charge is 0.246 e. The van der Waals surface area contributed by atoms with E-state index in [1.54, 1.807) is 9.31 Å². The van der Waals surface area contributed by atoms with E-state index in [1.807, 2.05) is 0 Å². The van der Waals surface area contributed by atoms with Gasteiger partial charge >= 0.3 is 16.2 Å². The van der Waals surface area contributed by atoms with Gasteiger partial charge in [0, 0.05) is 26.2 Å². The highest BCUT2D eigenvalue weighted by molar-refractivity contribution is 7.87. The Morgan fingerprint density at radius 2 is 0.849 bits per heavy atom. The van der Waals surface area contributed by atoms with E-state index in [4.69, 9.17) is 0 Å². The van der Waals surface area contributed by atoms with Crippen molar-refractivity contribution in [3.8, 4) is 0 Å². The number of benzene rings is 1. The van der Waals surface area contributed by atoms with E-state index >= 15 is 0 Å². The SMILES string of the molecule is CCCCCCCCN(CCCCCCCC)N(C(=O)NS(=O)(=O)N(CCCCCCCC)CCCCCCCC)c1c(C(C)C)cccc1C(C)C. The highest BCUT2D eigenvalue weighted by Crippen LogP contribution is 2.37. The maximum absolute atomic E-state index is 14.9. The summed E-state index contributed by atoms with van der Waals surface area (Å²) in [5.74, 6) is 0.329. The van der Waals surface area contributed by atoms with Gasteiger partial charge in [0.2, 0.25) is 0 Å². The fourth-order valence-corrected chi connectivity index (χ4v) is 8.47. The molecule has 0 bridgehead atoms. The minimum Gasteiger partial charge on any atom is -0.246 e. The third kappa shape index (κ3) is 20.7. The van der Waals surface area contributed by atoms with Crippen molar-refractivity contribution in [2.75, 3.05) is 31.2 Å². The number of unbranched alkanes of at least 4 members (excludes halogenated alkanes) is 20. The maximum atomic E-state index is 14.9. The van der Waals surface area contributed by atoms with Crippen LogP contribution in [-0.4, -0.2) is 49.9 Å². The zero-order valence-electron chi connectivity index (χ0n) is 36.2. The van der Waals surface area contributed by atoms with Gasteiger partial charge in [0.1, 0.15) is 0 Å². The van der Waals surface area contributed by atoms with Crippen molar-refractivity contribution in [2.24, 2.45) is 0 Å². The first-order valence-electron chi connectivity index (χ1n) is 22.5. The van der Waals surface area contributed by atoms with Gasteiger partial charge in [-0.3, -0.25) is 0 Å². The van der Waals surface area contributed by atoms with E-state index in [-0.39, 0.29) is 11.8 Å². The summed E-state index contributed by atoms with van der Waals surface area (Å²) in [5.41, 5.74) is 3.02. The Labute approximate surface area is 330 Å². The standard InChI is InChI=1S/C45H86N4O3S/c1-9-13-17-21-25-29-36-47(37-30-26-22-18-14-10-2)49(44-42(40(5)6)34-33-35-43(44)41(7)8)45(50)46-53(51,52)48(38-31-27-23-19-15-11-3)39-32-28-24-20-16-12-4/h33-35,40-41H,9-32,36-39H2,1-8H3,(H,46,50). The molecule has 1 aromatic carbocycles. The number of carbonyl (C=O) groups excluding carboxylic acids is 1. The molecular formula is C45H86N4O3S. The second-order valence-corrected chi connectivity index (χ2v) is 17.9. The van der Waals surface area contributed by atoms with E-state index in [1.165, 1.54) is 89.9 Å². The molecule has 7 nitrogen and oxygen atoms in total. The highest BCUT2D eigenvalue weighted by Gasteiger charge is 2.33. The topological polar surface area (TPSA) is 73.0 Å². The van der Waals surface area contributed by atoms with Crippen molar-refractivity contribution in [1.29, 1.82) is 0 Å². The van der Waals surface area contributed by atoms with Crippen LogP contribution in [0.5, 0.6) is 0 Å². The van der Waals surface area contributed by atoms with Gasteiger partial charge < -0.3 is 0 Å². The Morgan fingerprint density at radius 3 is 1.19 bits per heavy atom. The van der Waals surface area contributed by atoms with Gasteiger partial charge in [0.05, 0.1) is 5.69 Å². The summed E-state index contributed by atoms with van der Waals surface area (Å²) in [6.07, 6.45) is 27.0. The van der Waals surface area contributed by atoms with Crippen LogP contribution in [-0.2, 0) is 10.2 Å². The Bertz CT molecular complexity index is 1100. The second-order valence-electron chi connectivity index (χ2n) is 16.2. The van der Waals surface area contributed by atoms with Crippen LogP contribution in [0.1, 0.15) is 232 Å². The monoisotopic (exact) mass is 763 g/mol. The number of urea groups is 1. The third-order valence-electron chi connectivity index (χ3n) is 10.6. The lowest BCUT2D eigenvalue weighted by Gasteiger charge is -2.39. The molecule has 8 heteroatoms. The summed E-state index contributed by atoms with van der Waals surface area (Å²) < 4.78 is 32.9. The van der Waals surface area contributed by atoms with Crippen LogP contribution in [0.25, 0.3) is 0 Å². The average Bonchev–Trinajstić information content (AvgIpc) is 3.12. The summed E-state index contributed by atoms with van der Waals surface area (Å²) in [4.78, 5) is 14.9. The van der Waals surface area contributed by atoms with Crippen LogP contribution in [0.15, 0.2) is 18.2 Å². The lowest BCUT2D eigenvalue weighted by atomic mass is 9.92. The van der Waals surface area contributed by atoms with Gasteiger partial charge in [-0.05, 0) is 48.6 Å². The molecule has 1 N–H and O–H groups in total. The Morgan fingerprint density at radius 1 is 0.528 bits per heavy atom. The molecule has 0 radical (unpaired) electrons. The Kier molecular flexibility index (Phi) is 28.5. The molecule has 0 aliphatic carbocycles. The largest absolute Gasteiger partial charge is 0.351 e. The molecule has 0 aliphatic rings. The molecule has 2 amide bonds. The number of para-hydroxylation sites is 1. The summed E-state index contributed by atoms with van der Waals surface area (Å²) in [7, 11) is -4.07. The normalized spacial score (nSPS) is 12.2. The fourth-order valence-electron chi connectivity index (χ4n) is 7.30. The van der Waals surface area contributed by atoms with Crippen molar-refractivity contribution in [3.05, 3.63) is 29.3 Å². The minimum atomic E-state index is -4.07. The zero-order chi connectivity index (χ0) is 39.3. The molecule has 0 aliphatic heterocycles. The van der Waals surface area contributed by atoms with Gasteiger partial charge in [-0.15, -0.1) is 0 Å². The average molecular weight is 763 g/mol. The molecule has 0 atom stereocenters. The Hall–Kier alpha value is -1.64. The molecule has 0 spiro atoms. The van der Waals surface area contributed by atoms with E-state index in [0.717, 1.165) is 94.1 Å². The van der Waals surface area contributed by atoms with Gasteiger partial charge in [-0.2, -0.15) is 12.7 Å². The maximum Gasteiger partial charge on any atom is 0.351 e. The van der Waals surface area contributed by atoms with Crippen LogP contribution in [0.3, 0.4) is 0 Å². The van der Waals surface area contributed by atoms with Crippen LogP contribution >= 0.6 is 0 Å². The minimum absolute atomic E-state index is 0.164. The number of nitrogens with one attached hydrogen (secondary N) is 1. The van der Waals surface area contributed by atoms with E-state index in [2.05, 4.69) is 83.3 Å². The van der Waals surface area contributed by atoms with Gasteiger partial charge in [-0.25, -0.2) is 19.5 Å². The molecule has 310 valence electrons. The molecule has 0 saturated carbocycles. The quantitative estimate of drug-likeness (QED) is 0.0560. The summed E-state index contributed by atoms with van der Waals surface area (Å²) in [6.45, 7) is 19.9. The molecule has 0 saturated heterocycles. The first-order chi connectivity index (χ1) is 25.5. The molecule has 1 rings (SSSR count). The number of anilines is 1. The van der Waals surface area contributed by atoms with Crippen molar-refractivity contribution >= 4 is 21.9 Å². The summed E-state index contributed by atoms with van der Waals surface area (Å²) in [6, 6.07) is 5.79. The molecule has 0 aromatic heterocycles. The third-order valence-corrected chi connectivity index (χ3v) is 12.1. The number of hydrogen-bond donors (Lipinski definition) is 1. The van der Waals surface area contributed by atoms with Gasteiger partial charge in [0.25, 0.3) is 0 Å². The highest BCUT2D eigenvalue weighted by atomic mass is 32.2. The van der Waals surface area contributed by atoms with Crippen molar-refractivity contribution in [1.82, 2.24) is 14.0 Å². The zero-order valence-corrected chi connectivity index (χ0v) is 37.0. The first kappa shape index (κ1) is 49.4. The van der Waals surface area contributed by atoms with Gasteiger partial charge in [0.15, 0.2) is 0 Å². The number of hydrogen-bond acceptors (Lipinski definition) is 4. The second kappa shape index (κ2) is 30.6. The van der Waals surface area contributed by atoms with Gasteiger partial charge in [-0.1, -0.05) is 202 Å². The van der Waals surface area contributed by atoms with Crippen LogP contribution in [0, 0.1) is 0 Å². The van der Waals surface area contributed by atoms with Crippen LogP contribution < -0.4 is 9.73 Å². The lowest BCUT2D eigenvalue weighted by molar-refractivity contribution is 0.207. The first-order valence-corrected chi connectivity index (χ1v) is 24.0. The Balaban J connectivity index is 3.55. The molecule has 53 heavy (non-hydrogen) atoms. The number of rotatable bonds is 34. The van der Waals surface area contributed by atoms with E-state index < -0.39 is 16.2 Å². The summed E-state index contributed by atoms with van der Waals surface area (Å²) in [5, 5.41) is 3.97. The van der Waals surface area contributed by atoms with Crippen molar-refractivity contribution in [2.45, 2.75) is 221 Å². The lowest BCUT2D eigenvalue weighted by Crippen LogP contribution is -2.56. The molecule has 0 heterocycles. The van der Waals surface area contributed by atoms with E-state index in [0.29, 0.717) is 13.1 Å². The number of carbonyl (C=O) groups is 1. The fraction of sp³-hybridized carbons (Fsp3) is 0.844. The molecule has 0 fully saturated rings. The number of amides is 2. The number of nitrogens with zero attached hydrogens (tertiary/aromatic N) is 3.